The zero-order valence-corrected chi connectivity index (χ0v) is 18.8. The first-order chi connectivity index (χ1) is 15.2. The molecule has 1 aliphatic rings. The van der Waals surface area contributed by atoms with Crippen molar-refractivity contribution in [1.82, 2.24) is 15.6 Å². The Morgan fingerprint density at radius 3 is 2.77 bits per heavy atom. The predicted molar refractivity (Wildman–Crippen MR) is 123 cm³/mol. The first-order valence-electron chi connectivity index (χ1n) is 11.0. The maximum Gasteiger partial charge on any atom is 0.218 e. The van der Waals surface area contributed by atoms with Crippen LogP contribution < -0.4 is 20.1 Å². The molecular formula is C24H34N4O3. The van der Waals surface area contributed by atoms with E-state index in [2.05, 4.69) is 52.7 Å². The standard InChI is InChI=1S/C24H34N4O3/c1-4-12-30-23-20(7-5-11-26-23)16-28-24(25-3)27-15-19-10-9-18(2)14-22(19)31-17-21-8-6-13-29-21/h5,7,9-11,14,21H,4,6,8,12-13,15-17H2,1-3H3,(H2,25,27,28). The maximum atomic E-state index is 6.10. The third-order valence-electron chi connectivity index (χ3n) is 5.08. The number of rotatable bonds is 10. The fraction of sp³-hybridized carbons (Fsp3) is 0.500. The van der Waals surface area contributed by atoms with Gasteiger partial charge in [0.2, 0.25) is 5.88 Å². The smallest absolute Gasteiger partial charge is 0.218 e. The van der Waals surface area contributed by atoms with Crippen molar-refractivity contribution in [3.63, 3.8) is 0 Å². The third-order valence-corrected chi connectivity index (χ3v) is 5.08. The molecule has 7 nitrogen and oxygen atoms in total. The Morgan fingerprint density at radius 2 is 2.03 bits per heavy atom. The van der Waals surface area contributed by atoms with Gasteiger partial charge in [-0.1, -0.05) is 25.1 Å². The highest BCUT2D eigenvalue weighted by Gasteiger charge is 2.17. The molecule has 0 saturated carbocycles. The van der Waals surface area contributed by atoms with E-state index in [1.165, 1.54) is 5.56 Å². The number of pyridine rings is 1. The highest BCUT2D eigenvalue weighted by atomic mass is 16.5. The summed E-state index contributed by atoms with van der Waals surface area (Å²) in [4.78, 5) is 8.68. The molecular weight excluding hydrogens is 392 g/mol. The maximum absolute atomic E-state index is 6.10. The summed E-state index contributed by atoms with van der Waals surface area (Å²) in [5.41, 5.74) is 3.25. The number of hydrogen-bond donors (Lipinski definition) is 2. The number of guanidine groups is 1. The van der Waals surface area contributed by atoms with Gasteiger partial charge in [-0.2, -0.15) is 0 Å². The number of hydrogen-bond acceptors (Lipinski definition) is 5. The molecule has 3 rings (SSSR count). The third kappa shape index (κ3) is 7.14. The summed E-state index contributed by atoms with van der Waals surface area (Å²) in [5.74, 6) is 2.26. The van der Waals surface area contributed by atoms with Crippen LogP contribution in [0.25, 0.3) is 0 Å². The van der Waals surface area contributed by atoms with Crippen molar-refractivity contribution in [3.8, 4) is 11.6 Å². The summed E-state index contributed by atoms with van der Waals surface area (Å²) in [7, 11) is 1.76. The van der Waals surface area contributed by atoms with Crippen LogP contribution in [0, 0.1) is 6.92 Å². The van der Waals surface area contributed by atoms with Gasteiger partial charge in [0, 0.05) is 44.1 Å². The summed E-state index contributed by atoms with van der Waals surface area (Å²) < 4.78 is 17.5. The van der Waals surface area contributed by atoms with E-state index in [9.17, 15) is 0 Å². The minimum Gasteiger partial charge on any atom is -0.491 e. The van der Waals surface area contributed by atoms with Crippen LogP contribution in [0.3, 0.4) is 0 Å². The average molecular weight is 427 g/mol. The monoisotopic (exact) mass is 426 g/mol. The minimum atomic E-state index is 0.194. The van der Waals surface area contributed by atoms with Gasteiger partial charge in [0.25, 0.3) is 0 Å². The van der Waals surface area contributed by atoms with E-state index in [-0.39, 0.29) is 6.10 Å². The normalized spacial score (nSPS) is 16.2. The number of aryl methyl sites for hydroxylation is 1. The van der Waals surface area contributed by atoms with Gasteiger partial charge < -0.3 is 24.8 Å². The molecule has 1 fully saturated rings. The number of nitrogens with zero attached hydrogens (tertiary/aromatic N) is 2. The van der Waals surface area contributed by atoms with Gasteiger partial charge in [0.15, 0.2) is 5.96 Å². The van der Waals surface area contributed by atoms with Crippen LogP contribution in [0.1, 0.15) is 42.9 Å². The lowest BCUT2D eigenvalue weighted by Crippen LogP contribution is -2.36. The van der Waals surface area contributed by atoms with Crippen LogP contribution in [0.15, 0.2) is 41.5 Å². The second-order valence-corrected chi connectivity index (χ2v) is 7.65. The first kappa shape index (κ1) is 22.9. The summed E-state index contributed by atoms with van der Waals surface area (Å²) in [5, 5.41) is 6.71. The molecule has 1 aliphatic heterocycles. The van der Waals surface area contributed by atoms with Crippen molar-refractivity contribution in [3.05, 3.63) is 53.2 Å². The topological polar surface area (TPSA) is 77.0 Å². The van der Waals surface area contributed by atoms with Gasteiger partial charge in [-0.15, -0.1) is 0 Å². The molecule has 1 saturated heterocycles. The lowest BCUT2D eigenvalue weighted by molar-refractivity contribution is 0.0676. The van der Waals surface area contributed by atoms with Crippen molar-refractivity contribution in [2.75, 3.05) is 26.9 Å². The number of nitrogens with one attached hydrogen (secondary N) is 2. The van der Waals surface area contributed by atoms with E-state index in [4.69, 9.17) is 14.2 Å². The van der Waals surface area contributed by atoms with Gasteiger partial charge in [0.1, 0.15) is 12.4 Å². The van der Waals surface area contributed by atoms with E-state index in [1.54, 1.807) is 13.2 Å². The first-order valence-corrected chi connectivity index (χ1v) is 11.0. The van der Waals surface area contributed by atoms with Crippen LogP contribution >= 0.6 is 0 Å². The van der Waals surface area contributed by atoms with Gasteiger partial charge >= 0.3 is 0 Å². The van der Waals surface area contributed by atoms with Crippen LogP contribution in [-0.4, -0.2) is 43.9 Å². The van der Waals surface area contributed by atoms with Gasteiger partial charge in [0.05, 0.1) is 12.7 Å². The van der Waals surface area contributed by atoms with Gasteiger partial charge in [-0.05, 0) is 43.9 Å². The molecule has 1 aromatic heterocycles. The van der Waals surface area contributed by atoms with E-state index in [0.29, 0.717) is 38.1 Å². The molecule has 0 spiro atoms. The highest BCUT2D eigenvalue weighted by Crippen LogP contribution is 2.22. The Kier molecular flexibility index (Phi) is 8.97. The van der Waals surface area contributed by atoms with E-state index in [0.717, 1.165) is 42.7 Å². The number of ether oxygens (including phenoxy) is 3. The van der Waals surface area contributed by atoms with E-state index >= 15 is 0 Å². The van der Waals surface area contributed by atoms with Crippen molar-refractivity contribution < 1.29 is 14.2 Å². The van der Waals surface area contributed by atoms with Crippen molar-refractivity contribution in [2.45, 2.75) is 52.3 Å². The van der Waals surface area contributed by atoms with E-state index in [1.807, 2.05) is 12.1 Å². The molecule has 2 heterocycles. The van der Waals surface area contributed by atoms with Crippen molar-refractivity contribution in [1.29, 1.82) is 0 Å². The fourth-order valence-corrected chi connectivity index (χ4v) is 3.37. The van der Waals surface area contributed by atoms with Crippen molar-refractivity contribution >= 4 is 5.96 Å². The molecule has 2 aromatic rings. The molecule has 0 aliphatic carbocycles. The SMILES string of the molecule is CCCOc1ncccc1CNC(=NC)NCc1ccc(C)cc1OCC1CCCO1. The zero-order valence-electron chi connectivity index (χ0n) is 18.8. The Morgan fingerprint density at radius 1 is 1.19 bits per heavy atom. The summed E-state index contributed by atoms with van der Waals surface area (Å²) in [6.07, 6.45) is 5.06. The Balaban J connectivity index is 1.56. The molecule has 7 heteroatoms. The molecule has 0 bridgehead atoms. The molecule has 2 N–H and O–H groups in total. The van der Waals surface area contributed by atoms with Crippen LogP contribution in [0.2, 0.25) is 0 Å². The Bertz CT molecular complexity index is 850. The lowest BCUT2D eigenvalue weighted by Gasteiger charge is -2.17. The van der Waals surface area contributed by atoms with Crippen molar-refractivity contribution in [2.24, 2.45) is 4.99 Å². The van der Waals surface area contributed by atoms with Gasteiger partial charge in [-0.3, -0.25) is 4.99 Å². The molecule has 168 valence electrons. The number of aliphatic imine (C=N–C) groups is 1. The lowest BCUT2D eigenvalue weighted by atomic mass is 10.1. The minimum absolute atomic E-state index is 0.194. The fourth-order valence-electron chi connectivity index (χ4n) is 3.37. The average Bonchev–Trinajstić information content (AvgIpc) is 3.31. The molecule has 1 aromatic carbocycles. The van der Waals surface area contributed by atoms with Crippen LogP contribution in [0.4, 0.5) is 0 Å². The summed E-state index contributed by atoms with van der Waals surface area (Å²) >= 11 is 0. The summed E-state index contributed by atoms with van der Waals surface area (Å²) in [6, 6.07) is 10.2. The molecule has 0 amide bonds. The predicted octanol–water partition coefficient (Wildman–Crippen LogP) is 3.60. The zero-order chi connectivity index (χ0) is 21.9. The second-order valence-electron chi connectivity index (χ2n) is 7.65. The molecule has 0 radical (unpaired) electrons. The Hall–Kier alpha value is -2.80. The number of benzene rings is 1. The molecule has 1 atom stereocenters. The van der Waals surface area contributed by atoms with Gasteiger partial charge in [-0.25, -0.2) is 4.98 Å². The number of aromatic nitrogens is 1. The van der Waals surface area contributed by atoms with Crippen LogP contribution in [-0.2, 0) is 17.8 Å². The Labute approximate surface area is 185 Å². The van der Waals surface area contributed by atoms with Crippen LogP contribution in [0.5, 0.6) is 11.6 Å². The largest absolute Gasteiger partial charge is 0.491 e. The highest BCUT2D eigenvalue weighted by molar-refractivity contribution is 5.79. The second kappa shape index (κ2) is 12.2. The van der Waals surface area contributed by atoms with E-state index < -0.39 is 0 Å². The quantitative estimate of drug-likeness (QED) is 0.447. The molecule has 1 unspecified atom stereocenters. The molecule has 31 heavy (non-hydrogen) atoms. The summed E-state index contributed by atoms with van der Waals surface area (Å²) in [6.45, 7) is 7.40.